The molecular weight excluding hydrogens is 326 g/mol. The van der Waals surface area contributed by atoms with Crippen molar-refractivity contribution in [1.82, 2.24) is 5.32 Å². The fourth-order valence-electron chi connectivity index (χ4n) is 2.52. The number of ether oxygens (including phenoxy) is 1. The summed E-state index contributed by atoms with van der Waals surface area (Å²) in [5, 5.41) is 3.41. The minimum absolute atomic E-state index is 0.228. The van der Waals surface area contributed by atoms with Crippen molar-refractivity contribution >= 4 is 15.9 Å². The highest BCUT2D eigenvalue weighted by molar-refractivity contribution is 9.10. The van der Waals surface area contributed by atoms with Crippen LogP contribution < -0.4 is 10.1 Å². The maximum Gasteiger partial charge on any atom is 0.124 e. The van der Waals surface area contributed by atoms with Crippen LogP contribution in [0.1, 0.15) is 29.7 Å². The summed E-state index contributed by atoms with van der Waals surface area (Å²) in [5.74, 6) is 0.952. The van der Waals surface area contributed by atoms with Crippen molar-refractivity contribution in [2.45, 2.75) is 26.3 Å². The van der Waals surface area contributed by atoms with E-state index in [4.69, 9.17) is 4.74 Å². The lowest BCUT2D eigenvalue weighted by Gasteiger charge is -2.20. The Hall–Kier alpha value is -1.32. The zero-order valence-electron chi connectivity index (χ0n) is 12.8. The largest absolute Gasteiger partial charge is 0.494 e. The van der Waals surface area contributed by atoms with E-state index < -0.39 is 0 Å². The van der Waals surface area contributed by atoms with Gasteiger partial charge in [-0.25, -0.2) is 0 Å². The fraction of sp³-hybridized carbons (Fsp3) is 0.333. The molecule has 0 aliphatic rings. The molecule has 0 aliphatic heterocycles. The monoisotopic (exact) mass is 347 g/mol. The van der Waals surface area contributed by atoms with Gasteiger partial charge < -0.3 is 10.1 Å². The number of hydrogen-bond acceptors (Lipinski definition) is 2. The van der Waals surface area contributed by atoms with Gasteiger partial charge in [0.25, 0.3) is 0 Å². The van der Waals surface area contributed by atoms with E-state index in [9.17, 15) is 0 Å². The molecule has 0 bridgehead atoms. The Balaban J connectivity index is 2.30. The Morgan fingerprint density at radius 1 is 1.19 bits per heavy atom. The van der Waals surface area contributed by atoms with Gasteiger partial charge >= 0.3 is 0 Å². The maximum absolute atomic E-state index is 5.78. The van der Waals surface area contributed by atoms with E-state index in [0.717, 1.165) is 16.6 Å². The number of rotatable bonds is 6. The van der Waals surface area contributed by atoms with Gasteiger partial charge in [-0.2, -0.15) is 0 Å². The van der Waals surface area contributed by atoms with Crippen molar-refractivity contribution in [1.29, 1.82) is 0 Å². The first-order chi connectivity index (χ1) is 10.1. The molecule has 2 aromatic carbocycles. The van der Waals surface area contributed by atoms with Crippen LogP contribution in [0, 0.1) is 6.92 Å². The summed E-state index contributed by atoms with van der Waals surface area (Å²) < 4.78 is 6.85. The summed E-state index contributed by atoms with van der Waals surface area (Å²) in [4.78, 5) is 0. The van der Waals surface area contributed by atoms with Crippen molar-refractivity contribution in [3.8, 4) is 5.75 Å². The van der Waals surface area contributed by atoms with Crippen molar-refractivity contribution in [3.05, 3.63) is 63.6 Å². The van der Waals surface area contributed by atoms with Gasteiger partial charge in [0.1, 0.15) is 5.75 Å². The molecule has 0 spiro atoms. The molecule has 0 fully saturated rings. The standard InChI is InChI=1S/C18H22BrNO/c1-4-21-18-9-8-15(19)12-16(18)17(20-3)11-14-7-5-6-13(2)10-14/h5-10,12,17,20H,4,11H2,1-3H3. The summed E-state index contributed by atoms with van der Waals surface area (Å²) in [6.45, 7) is 4.82. The van der Waals surface area contributed by atoms with E-state index in [-0.39, 0.29) is 6.04 Å². The number of hydrogen-bond donors (Lipinski definition) is 1. The third kappa shape index (κ3) is 4.32. The Kier molecular flexibility index (Phi) is 5.83. The molecule has 1 atom stereocenters. The van der Waals surface area contributed by atoms with Gasteiger partial charge in [-0.15, -0.1) is 0 Å². The van der Waals surface area contributed by atoms with Crippen LogP contribution in [0.5, 0.6) is 5.75 Å². The van der Waals surface area contributed by atoms with Gasteiger partial charge in [0.2, 0.25) is 0 Å². The highest BCUT2D eigenvalue weighted by Gasteiger charge is 2.16. The molecule has 2 nitrogen and oxygen atoms in total. The van der Waals surface area contributed by atoms with Crippen LogP contribution in [-0.4, -0.2) is 13.7 Å². The average Bonchev–Trinajstić information content (AvgIpc) is 2.47. The van der Waals surface area contributed by atoms with Crippen LogP contribution in [0.3, 0.4) is 0 Å². The summed E-state index contributed by atoms with van der Waals surface area (Å²) in [7, 11) is 2.00. The lowest BCUT2D eigenvalue weighted by Crippen LogP contribution is -2.20. The fourth-order valence-corrected chi connectivity index (χ4v) is 2.90. The topological polar surface area (TPSA) is 21.3 Å². The molecule has 2 rings (SSSR count). The number of halogens is 1. The first kappa shape index (κ1) is 16.1. The number of aryl methyl sites for hydroxylation is 1. The first-order valence-corrected chi connectivity index (χ1v) is 8.08. The highest BCUT2D eigenvalue weighted by Crippen LogP contribution is 2.30. The molecule has 1 N–H and O–H groups in total. The molecule has 21 heavy (non-hydrogen) atoms. The second-order valence-electron chi connectivity index (χ2n) is 5.15. The van der Waals surface area contributed by atoms with Crippen molar-refractivity contribution in [3.63, 3.8) is 0 Å². The van der Waals surface area contributed by atoms with Gasteiger partial charge in [0.15, 0.2) is 0 Å². The summed E-state index contributed by atoms with van der Waals surface area (Å²) in [5.41, 5.74) is 3.81. The lowest BCUT2D eigenvalue weighted by molar-refractivity contribution is 0.332. The SMILES string of the molecule is CCOc1ccc(Br)cc1C(Cc1cccc(C)c1)NC. The second kappa shape index (κ2) is 7.62. The van der Waals surface area contributed by atoms with Gasteiger partial charge in [-0.1, -0.05) is 45.8 Å². The molecule has 2 aromatic rings. The van der Waals surface area contributed by atoms with Gasteiger partial charge in [-0.3, -0.25) is 0 Å². The van der Waals surface area contributed by atoms with E-state index in [1.807, 2.05) is 26.1 Å². The number of benzene rings is 2. The molecule has 0 heterocycles. The molecule has 0 radical (unpaired) electrons. The van der Waals surface area contributed by atoms with Crippen molar-refractivity contribution < 1.29 is 4.74 Å². The zero-order chi connectivity index (χ0) is 15.2. The van der Waals surface area contributed by atoms with E-state index >= 15 is 0 Å². The minimum atomic E-state index is 0.228. The Labute approximate surface area is 135 Å². The number of nitrogens with one attached hydrogen (secondary N) is 1. The second-order valence-corrected chi connectivity index (χ2v) is 6.07. The van der Waals surface area contributed by atoms with E-state index in [2.05, 4.69) is 58.5 Å². The molecule has 3 heteroatoms. The number of likely N-dealkylation sites (N-methyl/N-ethyl adjacent to an activating group) is 1. The highest BCUT2D eigenvalue weighted by atomic mass is 79.9. The van der Waals surface area contributed by atoms with Gasteiger partial charge in [-0.05, 0) is 51.1 Å². The van der Waals surface area contributed by atoms with E-state index in [0.29, 0.717) is 6.61 Å². The molecular formula is C18H22BrNO. The van der Waals surface area contributed by atoms with Crippen LogP contribution in [0.4, 0.5) is 0 Å². The van der Waals surface area contributed by atoms with Crippen LogP contribution in [0.2, 0.25) is 0 Å². The Bertz CT molecular complexity index is 598. The normalized spacial score (nSPS) is 12.2. The minimum Gasteiger partial charge on any atom is -0.494 e. The maximum atomic E-state index is 5.78. The summed E-state index contributed by atoms with van der Waals surface area (Å²) in [6.07, 6.45) is 0.939. The Morgan fingerprint density at radius 2 is 2.00 bits per heavy atom. The molecule has 0 aliphatic carbocycles. The summed E-state index contributed by atoms with van der Waals surface area (Å²) >= 11 is 3.56. The van der Waals surface area contributed by atoms with E-state index in [1.165, 1.54) is 16.7 Å². The lowest BCUT2D eigenvalue weighted by atomic mass is 9.97. The van der Waals surface area contributed by atoms with Crippen LogP contribution in [0.15, 0.2) is 46.9 Å². The zero-order valence-corrected chi connectivity index (χ0v) is 14.4. The molecule has 112 valence electrons. The predicted octanol–water partition coefficient (Wildman–Crippen LogP) is 4.66. The predicted molar refractivity (Wildman–Crippen MR) is 92.0 cm³/mol. The first-order valence-electron chi connectivity index (χ1n) is 7.29. The summed E-state index contributed by atoms with van der Waals surface area (Å²) in [6, 6.07) is 15.1. The van der Waals surface area contributed by atoms with Crippen molar-refractivity contribution in [2.75, 3.05) is 13.7 Å². The van der Waals surface area contributed by atoms with Gasteiger partial charge in [0, 0.05) is 16.1 Å². The van der Waals surface area contributed by atoms with Crippen LogP contribution >= 0.6 is 15.9 Å². The van der Waals surface area contributed by atoms with Crippen molar-refractivity contribution in [2.24, 2.45) is 0 Å². The molecule has 0 saturated heterocycles. The van der Waals surface area contributed by atoms with E-state index in [1.54, 1.807) is 0 Å². The smallest absolute Gasteiger partial charge is 0.124 e. The molecule has 1 unspecified atom stereocenters. The third-order valence-electron chi connectivity index (χ3n) is 3.52. The quantitative estimate of drug-likeness (QED) is 0.820. The van der Waals surface area contributed by atoms with Crippen LogP contribution in [0.25, 0.3) is 0 Å². The average molecular weight is 348 g/mol. The molecule has 0 saturated carbocycles. The van der Waals surface area contributed by atoms with Crippen LogP contribution in [-0.2, 0) is 6.42 Å². The Morgan fingerprint density at radius 3 is 2.67 bits per heavy atom. The molecule has 0 aromatic heterocycles. The third-order valence-corrected chi connectivity index (χ3v) is 4.01. The molecule has 0 amide bonds. The van der Waals surface area contributed by atoms with Gasteiger partial charge in [0.05, 0.1) is 6.61 Å².